The molecule has 10 heteroatoms. The van der Waals surface area contributed by atoms with Gasteiger partial charge in [-0.05, 0) is 65.5 Å². The molecule has 7 rings (SSSR count). The van der Waals surface area contributed by atoms with Crippen LogP contribution >= 0.6 is 0 Å². The van der Waals surface area contributed by atoms with Crippen molar-refractivity contribution >= 4 is 28.6 Å². The maximum Gasteiger partial charge on any atom is 0.226 e. The normalized spacial score (nSPS) is 20.4. The molecule has 0 bridgehead atoms. The SMILES string of the molecule is CCn1c(-c2cnc(C)nc2)nc2c(-c3ccc4c(c3)C3(CCCN3C(=O)C3CC3)C(=N)N4C(C)C)ncnc21. The highest BCUT2D eigenvalue weighted by molar-refractivity contribution is 6.12. The Balaban J connectivity index is 1.41. The van der Waals surface area contributed by atoms with E-state index in [1.165, 1.54) is 0 Å². The van der Waals surface area contributed by atoms with Crippen molar-refractivity contribution in [3.8, 4) is 22.6 Å². The fraction of sp³-hybridized carbons (Fsp3) is 0.433. The van der Waals surface area contributed by atoms with Gasteiger partial charge in [-0.1, -0.05) is 6.07 Å². The van der Waals surface area contributed by atoms with Crippen LogP contribution in [0.1, 0.15) is 57.8 Å². The van der Waals surface area contributed by atoms with Crippen LogP contribution in [-0.4, -0.2) is 58.7 Å². The number of amides is 1. The fourth-order valence-corrected chi connectivity index (χ4v) is 6.58. The van der Waals surface area contributed by atoms with Gasteiger partial charge in [0.2, 0.25) is 5.91 Å². The number of hydrogen-bond donors (Lipinski definition) is 1. The molecule has 1 atom stereocenters. The number of fused-ring (bicyclic) bond motifs is 3. The number of nitrogens with zero attached hydrogens (tertiary/aromatic N) is 8. The van der Waals surface area contributed by atoms with E-state index in [0.717, 1.165) is 65.2 Å². The van der Waals surface area contributed by atoms with Crippen LogP contribution in [-0.2, 0) is 16.9 Å². The van der Waals surface area contributed by atoms with Gasteiger partial charge in [0.15, 0.2) is 5.65 Å². The molecule has 2 aliphatic heterocycles. The van der Waals surface area contributed by atoms with Gasteiger partial charge in [-0.2, -0.15) is 0 Å². The zero-order valence-corrected chi connectivity index (χ0v) is 23.3. The molecule has 3 aromatic heterocycles. The highest BCUT2D eigenvalue weighted by Crippen LogP contribution is 2.53. The summed E-state index contributed by atoms with van der Waals surface area (Å²) in [4.78, 5) is 40.7. The van der Waals surface area contributed by atoms with Crippen molar-refractivity contribution in [3.63, 3.8) is 0 Å². The maximum absolute atomic E-state index is 13.5. The lowest BCUT2D eigenvalue weighted by Gasteiger charge is -2.37. The van der Waals surface area contributed by atoms with Gasteiger partial charge in [-0.25, -0.2) is 24.9 Å². The van der Waals surface area contributed by atoms with Crippen LogP contribution in [0.25, 0.3) is 33.8 Å². The lowest BCUT2D eigenvalue weighted by Crippen LogP contribution is -2.53. The molecule has 10 nitrogen and oxygen atoms in total. The first kappa shape index (κ1) is 24.8. The summed E-state index contributed by atoms with van der Waals surface area (Å²) in [6.07, 6.45) is 8.71. The van der Waals surface area contributed by atoms with Crippen molar-refractivity contribution in [2.24, 2.45) is 5.92 Å². The highest BCUT2D eigenvalue weighted by atomic mass is 16.2. The lowest BCUT2D eigenvalue weighted by molar-refractivity contribution is -0.135. The second-order valence-corrected chi connectivity index (χ2v) is 11.4. The van der Waals surface area contributed by atoms with E-state index in [9.17, 15) is 10.2 Å². The van der Waals surface area contributed by atoms with E-state index in [-0.39, 0.29) is 17.9 Å². The van der Waals surface area contributed by atoms with Crippen LogP contribution in [0.2, 0.25) is 0 Å². The molecule has 1 unspecified atom stereocenters. The molecule has 4 aromatic rings. The van der Waals surface area contributed by atoms with E-state index >= 15 is 0 Å². The Morgan fingerprint density at radius 2 is 1.90 bits per heavy atom. The predicted molar refractivity (Wildman–Crippen MR) is 153 cm³/mol. The third-order valence-corrected chi connectivity index (χ3v) is 8.59. The smallest absolute Gasteiger partial charge is 0.226 e. The lowest BCUT2D eigenvalue weighted by atomic mass is 9.86. The first-order valence-corrected chi connectivity index (χ1v) is 14.2. The molecule has 1 amide bonds. The second kappa shape index (κ2) is 8.90. The van der Waals surface area contributed by atoms with E-state index in [0.29, 0.717) is 30.3 Å². The zero-order chi connectivity index (χ0) is 27.8. The molecular formula is C30H33N9O. The summed E-state index contributed by atoms with van der Waals surface area (Å²) in [5, 5.41) is 9.40. The Morgan fingerprint density at radius 3 is 2.60 bits per heavy atom. The van der Waals surface area contributed by atoms with Crippen molar-refractivity contribution in [1.82, 2.24) is 34.4 Å². The molecule has 1 saturated carbocycles. The van der Waals surface area contributed by atoms with Gasteiger partial charge in [0, 0.05) is 54.3 Å². The molecule has 5 heterocycles. The minimum absolute atomic E-state index is 0.0975. The van der Waals surface area contributed by atoms with Crippen LogP contribution < -0.4 is 4.90 Å². The van der Waals surface area contributed by atoms with Gasteiger partial charge >= 0.3 is 0 Å². The number of hydrogen-bond acceptors (Lipinski definition) is 7. The van der Waals surface area contributed by atoms with Crippen LogP contribution in [0.4, 0.5) is 5.69 Å². The number of nitrogens with one attached hydrogen (secondary N) is 1. The number of imidazole rings is 1. The predicted octanol–water partition coefficient (Wildman–Crippen LogP) is 4.71. The summed E-state index contributed by atoms with van der Waals surface area (Å²) in [5.74, 6) is 2.26. The average Bonchev–Trinajstić information content (AvgIpc) is 3.52. The van der Waals surface area contributed by atoms with E-state index in [1.54, 1.807) is 18.7 Å². The fourth-order valence-electron chi connectivity index (χ4n) is 6.58. The van der Waals surface area contributed by atoms with Crippen molar-refractivity contribution in [1.29, 1.82) is 5.41 Å². The standard InChI is InChI=1S/C30H33N9O/c1-5-37-26(21-14-32-18(4)33-15-21)36-25-24(34-16-35-27(25)37)20-9-10-23-22(13-20)30(29(31)39(23)17(2)3)11-6-12-38(30)28(40)19-7-8-19/h9-10,13-17,19,31H,5-8,11-12H2,1-4H3. The van der Waals surface area contributed by atoms with Crippen molar-refractivity contribution in [3.05, 3.63) is 48.3 Å². The van der Waals surface area contributed by atoms with Gasteiger partial charge in [-0.15, -0.1) is 0 Å². The number of likely N-dealkylation sites (tertiary alicyclic amines) is 1. The van der Waals surface area contributed by atoms with Crippen LogP contribution in [0.3, 0.4) is 0 Å². The van der Waals surface area contributed by atoms with Crippen LogP contribution in [0, 0.1) is 18.3 Å². The summed E-state index contributed by atoms with van der Waals surface area (Å²) in [5.41, 5.74) is 5.20. The minimum atomic E-state index is -0.741. The number of rotatable bonds is 5. The molecule has 3 aliphatic rings. The molecule has 1 aromatic carbocycles. The number of benzene rings is 1. The Morgan fingerprint density at radius 1 is 1.12 bits per heavy atom. The number of aryl methyl sites for hydroxylation is 2. The summed E-state index contributed by atoms with van der Waals surface area (Å²) in [6, 6.07) is 6.39. The third kappa shape index (κ3) is 3.44. The number of aromatic nitrogens is 6. The molecule has 40 heavy (non-hydrogen) atoms. The van der Waals surface area contributed by atoms with E-state index in [1.807, 2.05) is 11.8 Å². The highest BCUT2D eigenvalue weighted by Gasteiger charge is 2.57. The Labute approximate surface area is 233 Å². The number of amidine groups is 1. The summed E-state index contributed by atoms with van der Waals surface area (Å²) >= 11 is 0. The second-order valence-electron chi connectivity index (χ2n) is 11.4. The molecule has 1 spiro atoms. The van der Waals surface area contributed by atoms with Crippen LogP contribution in [0.15, 0.2) is 36.9 Å². The molecule has 0 radical (unpaired) electrons. The molecule has 2 fully saturated rings. The molecule has 204 valence electrons. The third-order valence-electron chi connectivity index (χ3n) is 8.59. The number of carbonyl (C=O) groups excluding carboxylic acids is 1. The van der Waals surface area contributed by atoms with Crippen molar-refractivity contribution < 1.29 is 4.79 Å². The summed E-state index contributed by atoms with van der Waals surface area (Å²) in [7, 11) is 0. The Bertz CT molecular complexity index is 1670. The molecule has 1 aliphatic carbocycles. The summed E-state index contributed by atoms with van der Waals surface area (Å²) < 4.78 is 2.06. The monoisotopic (exact) mass is 535 g/mol. The summed E-state index contributed by atoms with van der Waals surface area (Å²) in [6.45, 7) is 9.51. The minimum Gasteiger partial charge on any atom is -0.325 e. The zero-order valence-electron chi connectivity index (χ0n) is 23.3. The maximum atomic E-state index is 13.5. The molecule has 1 N–H and O–H groups in total. The topological polar surface area (TPSA) is 117 Å². The van der Waals surface area contributed by atoms with E-state index in [2.05, 4.69) is 63.4 Å². The number of carbonyl (C=O) groups is 1. The first-order valence-electron chi connectivity index (χ1n) is 14.2. The van der Waals surface area contributed by atoms with E-state index < -0.39 is 5.54 Å². The Kier molecular flexibility index (Phi) is 5.52. The largest absolute Gasteiger partial charge is 0.325 e. The Hall–Kier alpha value is -4.21. The molecular weight excluding hydrogens is 502 g/mol. The van der Waals surface area contributed by atoms with Gasteiger partial charge in [-0.3, -0.25) is 10.2 Å². The number of anilines is 1. The van der Waals surface area contributed by atoms with Gasteiger partial charge < -0.3 is 14.4 Å². The van der Waals surface area contributed by atoms with Gasteiger partial charge in [0.05, 0.1) is 5.56 Å². The van der Waals surface area contributed by atoms with Crippen molar-refractivity contribution in [2.75, 3.05) is 11.4 Å². The average molecular weight is 536 g/mol. The molecule has 1 saturated heterocycles. The first-order chi connectivity index (χ1) is 19.3. The van der Waals surface area contributed by atoms with Gasteiger partial charge in [0.25, 0.3) is 0 Å². The van der Waals surface area contributed by atoms with E-state index in [4.69, 9.17) is 9.97 Å². The van der Waals surface area contributed by atoms with Gasteiger partial charge in [0.1, 0.15) is 40.6 Å². The quantitative estimate of drug-likeness (QED) is 0.393. The van der Waals surface area contributed by atoms with Crippen LogP contribution in [0.5, 0.6) is 0 Å². The van der Waals surface area contributed by atoms with Crippen molar-refractivity contribution in [2.45, 2.75) is 71.5 Å².